The first-order valence-electron chi connectivity index (χ1n) is 6.13. The number of carboxylic acids is 1. The first-order valence-corrected chi connectivity index (χ1v) is 6.92. The lowest BCUT2D eigenvalue weighted by Crippen LogP contribution is -2.28. The Labute approximate surface area is 135 Å². The minimum absolute atomic E-state index is 0.0562. The van der Waals surface area contributed by atoms with Gasteiger partial charge >= 0.3 is 12.1 Å². The molecule has 122 valence electrons. The van der Waals surface area contributed by atoms with E-state index in [0.29, 0.717) is 6.07 Å². The number of carboxylic acid groups (broad SMARTS) is 1. The fourth-order valence-electron chi connectivity index (χ4n) is 2.02. The summed E-state index contributed by atoms with van der Waals surface area (Å²) in [5, 5.41) is 18.4. The van der Waals surface area contributed by atoms with Gasteiger partial charge in [0.2, 0.25) is 0 Å². The first kappa shape index (κ1) is 17.2. The minimum atomic E-state index is -4.62. The van der Waals surface area contributed by atoms with Crippen molar-refractivity contribution in [2.45, 2.75) is 12.8 Å². The van der Waals surface area contributed by atoms with Crippen molar-refractivity contribution in [3.05, 3.63) is 62.0 Å². The van der Waals surface area contributed by atoms with Crippen LogP contribution in [0.15, 0.2) is 39.6 Å². The normalized spacial score (nSPS) is 11.5. The minimum Gasteiger partial charge on any atom is -0.477 e. The van der Waals surface area contributed by atoms with E-state index in [1.807, 2.05) is 0 Å². The van der Waals surface area contributed by atoms with Crippen molar-refractivity contribution in [3.8, 4) is 5.69 Å². The monoisotopic (exact) mass is 391 g/mol. The molecule has 0 aliphatic rings. The Balaban J connectivity index is 2.82. The van der Waals surface area contributed by atoms with Crippen LogP contribution in [0.2, 0.25) is 0 Å². The van der Waals surface area contributed by atoms with Crippen LogP contribution < -0.4 is 5.56 Å². The third kappa shape index (κ3) is 3.30. The highest BCUT2D eigenvalue weighted by Gasteiger charge is 2.31. The molecule has 0 spiro atoms. The molecule has 0 amide bonds. The number of aliphatic hydroxyl groups excluding tert-OH is 1. The van der Waals surface area contributed by atoms with Crippen LogP contribution >= 0.6 is 15.9 Å². The topological polar surface area (TPSA) is 79.5 Å². The highest BCUT2D eigenvalue weighted by Crippen LogP contribution is 2.30. The molecule has 0 saturated carbocycles. The lowest BCUT2D eigenvalue weighted by atomic mass is 10.1. The summed E-state index contributed by atoms with van der Waals surface area (Å²) in [5.74, 6) is -1.53. The van der Waals surface area contributed by atoms with E-state index >= 15 is 0 Å². The van der Waals surface area contributed by atoms with Crippen molar-refractivity contribution in [3.63, 3.8) is 0 Å². The van der Waals surface area contributed by atoms with Crippen LogP contribution in [-0.2, 0) is 12.8 Å². The predicted molar refractivity (Wildman–Crippen MR) is 77.6 cm³/mol. The van der Waals surface area contributed by atoms with Crippen LogP contribution in [0.1, 0.15) is 21.6 Å². The smallest absolute Gasteiger partial charge is 0.416 e. The van der Waals surface area contributed by atoms with Crippen molar-refractivity contribution in [2.75, 3.05) is 0 Å². The van der Waals surface area contributed by atoms with E-state index in [4.69, 9.17) is 5.11 Å². The SMILES string of the molecule is O=C(O)c1cc(Br)c(CO)n(-c2cccc(C(F)(F)F)c2)c1=O. The number of nitrogens with zero attached hydrogens (tertiary/aromatic N) is 1. The molecule has 5 nitrogen and oxygen atoms in total. The second-order valence-corrected chi connectivity index (χ2v) is 5.36. The fraction of sp³-hybridized carbons (Fsp3) is 0.143. The number of benzene rings is 1. The van der Waals surface area contributed by atoms with Crippen molar-refractivity contribution in [1.29, 1.82) is 0 Å². The summed E-state index contributed by atoms with van der Waals surface area (Å²) in [6.07, 6.45) is -4.62. The number of aromatic nitrogens is 1. The number of alkyl halides is 3. The van der Waals surface area contributed by atoms with Crippen molar-refractivity contribution in [1.82, 2.24) is 4.57 Å². The van der Waals surface area contributed by atoms with E-state index in [0.717, 1.165) is 22.8 Å². The third-order valence-electron chi connectivity index (χ3n) is 3.06. The summed E-state index contributed by atoms with van der Waals surface area (Å²) in [7, 11) is 0. The van der Waals surface area contributed by atoms with Crippen LogP contribution in [0.3, 0.4) is 0 Å². The zero-order valence-electron chi connectivity index (χ0n) is 11.3. The van der Waals surface area contributed by atoms with E-state index < -0.39 is 35.4 Å². The maximum absolute atomic E-state index is 12.8. The zero-order valence-corrected chi connectivity index (χ0v) is 12.8. The number of hydrogen-bond acceptors (Lipinski definition) is 3. The fourth-order valence-corrected chi connectivity index (χ4v) is 2.55. The van der Waals surface area contributed by atoms with Crippen LogP contribution in [-0.4, -0.2) is 20.7 Å². The Bertz CT molecular complexity index is 830. The molecule has 0 atom stereocenters. The van der Waals surface area contributed by atoms with Gasteiger partial charge in [-0.2, -0.15) is 13.2 Å². The van der Waals surface area contributed by atoms with Gasteiger partial charge in [-0.25, -0.2) is 4.79 Å². The maximum atomic E-state index is 12.8. The molecule has 2 aromatic rings. The molecular formula is C14H9BrF3NO4. The Kier molecular flexibility index (Phi) is 4.62. The molecule has 2 rings (SSSR count). The zero-order chi connectivity index (χ0) is 17.4. The molecular weight excluding hydrogens is 383 g/mol. The number of rotatable bonds is 3. The van der Waals surface area contributed by atoms with Crippen molar-refractivity contribution >= 4 is 21.9 Å². The van der Waals surface area contributed by atoms with Crippen molar-refractivity contribution in [2.24, 2.45) is 0 Å². The number of carbonyl (C=O) groups is 1. The highest BCUT2D eigenvalue weighted by atomic mass is 79.9. The van der Waals surface area contributed by atoms with Crippen LogP contribution in [0.25, 0.3) is 5.69 Å². The number of hydrogen-bond donors (Lipinski definition) is 2. The highest BCUT2D eigenvalue weighted by molar-refractivity contribution is 9.10. The van der Waals surface area contributed by atoms with Crippen molar-refractivity contribution < 1.29 is 28.2 Å². The number of pyridine rings is 1. The second-order valence-electron chi connectivity index (χ2n) is 4.50. The quantitative estimate of drug-likeness (QED) is 0.842. The van der Waals surface area contributed by atoms with Crippen LogP contribution in [0.4, 0.5) is 13.2 Å². The molecule has 0 radical (unpaired) electrons. The lowest BCUT2D eigenvalue weighted by Gasteiger charge is -2.16. The van der Waals surface area contributed by atoms with Gasteiger partial charge in [-0.3, -0.25) is 9.36 Å². The number of aliphatic hydroxyl groups is 1. The molecule has 0 bridgehead atoms. The van der Waals surface area contributed by atoms with Gasteiger partial charge < -0.3 is 10.2 Å². The van der Waals surface area contributed by atoms with Gasteiger partial charge in [0.05, 0.1) is 17.9 Å². The molecule has 0 aliphatic carbocycles. The number of halogens is 4. The number of aromatic carboxylic acids is 1. The summed E-state index contributed by atoms with van der Waals surface area (Å²) in [6, 6.07) is 4.84. The van der Waals surface area contributed by atoms with Gasteiger partial charge in [-0.05, 0) is 40.2 Å². The summed E-state index contributed by atoms with van der Waals surface area (Å²) < 4.78 is 39.3. The molecule has 0 fully saturated rings. The van der Waals surface area contributed by atoms with Crippen LogP contribution in [0, 0.1) is 0 Å². The molecule has 23 heavy (non-hydrogen) atoms. The van der Waals surface area contributed by atoms with Crippen LogP contribution in [0.5, 0.6) is 0 Å². The summed E-state index contributed by atoms with van der Waals surface area (Å²) in [5.41, 5.74) is -2.92. The lowest BCUT2D eigenvalue weighted by molar-refractivity contribution is -0.137. The Hall–Kier alpha value is -2.13. The first-order chi connectivity index (χ1) is 10.7. The molecule has 1 heterocycles. The second kappa shape index (κ2) is 6.17. The van der Waals surface area contributed by atoms with Gasteiger partial charge in [0.1, 0.15) is 5.56 Å². The molecule has 1 aromatic heterocycles. The summed E-state index contributed by atoms with van der Waals surface area (Å²) in [4.78, 5) is 23.4. The molecule has 2 N–H and O–H groups in total. The molecule has 0 unspecified atom stereocenters. The molecule has 1 aromatic carbocycles. The van der Waals surface area contributed by atoms with Gasteiger partial charge in [-0.1, -0.05) is 6.07 Å². The van der Waals surface area contributed by atoms with E-state index in [1.54, 1.807) is 0 Å². The van der Waals surface area contributed by atoms with E-state index in [-0.39, 0.29) is 15.9 Å². The Morgan fingerprint density at radius 2 is 1.91 bits per heavy atom. The standard InChI is InChI=1S/C14H9BrF3NO4/c15-10-5-9(13(22)23)12(21)19(11(10)6-20)8-3-1-2-7(4-8)14(16,17)18/h1-5,20H,6H2,(H,22,23). The van der Waals surface area contributed by atoms with Gasteiger partial charge in [0.25, 0.3) is 5.56 Å². The Morgan fingerprint density at radius 1 is 1.26 bits per heavy atom. The predicted octanol–water partition coefficient (Wildman–Crippen LogP) is 2.81. The molecule has 9 heteroatoms. The molecule has 0 aliphatic heterocycles. The van der Waals surface area contributed by atoms with E-state index in [1.165, 1.54) is 6.07 Å². The van der Waals surface area contributed by atoms with E-state index in [9.17, 15) is 27.9 Å². The summed E-state index contributed by atoms with van der Waals surface area (Å²) in [6.45, 7) is -0.675. The average molecular weight is 392 g/mol. The maximum Gasteiger partial charge on any atom is 0.416 e. The third-order valence-corrected chi connectivity index (χ3v) is 3.75. The Morgan fingerprint density at radius 3 is 2.43 bits per heavy atom. The largest absolute Gasteiger partial charge is 0.477 e. The van der Waals surface area contributed by atoms with Gasteiger partial charge in [0.15, 0.2) is 0 Å². The van der Waals surface area contributed by atoms with E-state index in [2.05, 4.69) is 15.9 Å². The van der Waals surface area contributed by atoms with Gasteiger partial charge in [0, 0.05) is 10.2 Å². The van der Waals surface area contributed by atoms with Gasteiger partial charge in [-0.15, -0.1) is 0 Å². The average Bonchev–Trinajstić information content (AvgIpc) is 2.47. The molecule has 0 saturated heterocycles. The summed E-state index contributed by atoms with van der Waals surface area (Å²) >= 11 is 3.01.